The van der Waals surface area contributed by atoms with Crippen molar-refractivity contribution in [1.82, 2.24) is 15.2 Å². The van der Waals surface area contributed by atoms with Gasteiger partial charge in [-0.25, -0.2) is 4.98 Å². The van der Waals surface area contributed by atoms with E-state index in [2.05, 4.69) is 34.3 Å². The van der Waals surface area contributed by atoms with Crippen LogP contribution in [0.3, 0.4) is 0 Å². The fourth-order valence-electron chi connectivity index (χ4n) is 3.61. The quantitative estimate of drug-likeness (QED) is 0.499. The topological polar surface area (TPSA) is 76.7 Å². The SMILES string of the molecule is CC1(C)CCc2c(-c3cc(F)nc(NCc4ccc([O-])cc4)c3)n[nH]c2C1.[K+]. The van der Waals surface area contributed by atoms with E-state index in [9.17, 15) is 9.50 Å². The van der Waals surface area contributed by atoms with Gasteiger partial charge < -0.3 is 10.4 Å². The molecule has 28 heavy (non-hydrogen) atoms. The third kappa shape index (κ3) is 4.83. The Bertz CT molecular complexity index is 969. The predicted octanol–water partition coefficient (Wildman–Crippen LogP) is 0.815. The molecule has 140 valence electrons. The molecule has 0 amide bonds. The van der Waals surface area contributed by atoms with Crippen molar-refractivity contribution in [3.05, 3.63) is 59.2 Å². The number of pyridine rings is 1. The van der Waals surface area contributed by atoms with E-state index < -0.39 is 5.95 Å². The van der Waals surface area contributed by atoms with Gasteiger partial charge in [-0.3, -0.25) is 5.10 Å². The Hall–Kier alpha value is -1.25. The first kappa shape index (κ1) is 21.5. The van der Waals surface area contributed by atoms with Gasteiger partial charge >= 0.3 is 51.4 Å². The summed E-state index contributed by atoms with van der Waals surface area (Å²) in [7, 11) is 0. The number of rotatable bonds is 4. The summed E-state index contributed by atoms with van der Waals surface area (Å²) in [6, 6.07) is 9.77. The van der Waals surface area contributed by atoms with E-state index in [-0.39, 0.29) is 62.5 Å². The molecule has 0 saturated heterocycles. The van der Waals surface area contributed by atoms with Crippen LogP contribution in [0.2, 0.25) is 0 Å². The van der Waals surface area contributed by atoms with Crippen LogP contribution in [0.15, 0.2) is 36.4 Å². The zero-order chi connectivity index (χ0) is 19.0. The standard InChI is InChI=1S/C21H23FN4O.K/c1-21(2)8-7-16-17(11-21)25-26-20(16)14-9-18(22)24-19(10-14)23-12-13-3-5-15(27)6-4-13;/h3-6,9-10,27H,7-8,11-12H2,1-2H3,(H,23,24)(H,25,26);/q;+1/p-1. The van der Waals surface area contributed by atoms with Crippen LogP contribution in [0.4, 0.5) is 10.2 Å². The van der Waals surface area contributed by atoms with Crippen molar-refractivity contribution < 1.29 is 60.9 Å². The van der Waals surface area contributed by atoms with Crippen molar-refractivity contribution >= 4 is 5.82 Å². The first-order valence-electron chi connectivity index (χ1n) is 9.13. The second-order valence-corrected chi connectivity index (χ2v) is 7.93. The molecule has 1 aliphatic rings. The Morgan fingerprint density at radius 3 is 2.71 bits per heavy atom. The van der Waals surface area contributed by atoms with Crippen molar-refractivity contribution in [3.8, 4) is 17.0 Å². The predicted molar refractivity (Wildman–Crippen MR) is 101 cm³/mol. The molecule has 2 aromatic heterocycles. The molecule has 7 heteroatoms. The van der Waals surface area contributed by atoms with Crippen LogP contribution < -0.4 is 61.8 Å². The van der Waals surface area contributed by atoms with Gasteiger partial charge in [0, 0.05) is 29.4 Å². The summed E-state index contributed by atoms with van der Waals surface area (Å²) in [5.41, 5.74) is 5.04. The summed E-state index contributed by atoms with van der Waals surface area (Å²) < 4.78 is 14.1. The van der Waals surface area contributed by atoms with Crippen LogP contribution in [0.5, 0.6) is 5.75 Å². The van der Waals surface area contributed by atoms with E-state index in [0.717, 1.165) is 41.8 Å². The van der Waals surface area contributed by atoms with Crippen molar-refractivity contribution in [3.63, 3.8) is 0 Å². The summed E-state index contributed by atoms with van der Waals surface area (Å²) >= 11 is 0. The number of nitrogens with zero attached hydrogens (tertiary/aromatic N) is 2. The number of aromatic amines is 1. The summed E-state index contributed by atoms with van der Waals surface area (Å²) in [6.07, 6.45) is 2.97. The van der Waals surface area contributed by atoms with Gasteiger partial charge in [-0.2, -0.15) is 9.49 Å². The van der Waals surface area contributed by atoms with Crippen LogP contribution >= 0.6 is 0 Å². The molecular weight excluding hydrogens is 382 g/mol. The van der Waals surface area contributed by atoms with Crippen molar-refractivity contribution in [1.29, 1.82) is 0 Å². The molecule has 3 aromatic rings. The van der Waals surface area contributed by atoms with E-state index in [4.69, 9.17) is 0 Å². The molecule has 0 fully saturated rings. The zero-order valence-corrected chi connectivity index (χ0v) is 19.6. The molecule has 0 saturated carbocycles. The largest absolute Gasteiger partial charge is 1.00 e. The Labute approximate surface area is 206 Å². The van der Waals surface area contributed by atoms with Gasteiger partial charge in [0.25, 0.3) is 0 Å². The van der Waals surface area contributed by atoms with E-state index in [1.807, 2.05) is 6.07 Å². The van der Waals surface area contributed by atoms with Gasteiger partial charge in [0.1, 0.15) is 5.82 Å². The summed E-state index contributed by atoms with van der Waals surface area (Å²) in [5.74, 6) is -0.127. The third-order valence-electron chi connectivity index (χ3n) is 5.12. The summed E-state index contributed by atoms with van der Waals surface area (Å²) in [5, 5.41) is 21.9. The number of halogens is 1. The average molecular weight is 405 g/mol. The molecular formula is C21H22FKN4O. The number of H-pyrrole nitrogens is 1. The minimum Gasteiger partial charge on any atom is -0.872 e. The number of nitrogens with one attached hydrogen (secondary N) is 2. The van der Waals surface area contributed by atoms with Crippen LogP contribution in [0, 0.1) is 11.4 Å². The first-order valence-corrected chi connectivity index (χ1v) is 9.13. The minimum atomic E-state index is -0.544. The Kier molecular flexibility index (Phi) is 6.61. The number of anilines is 1. The number of hydrogen-bond acceptors (Lipinski definition) is 4. The molecule has 2 N–H and O–H groups in total. The van der Waals surface area contributed by atoms with Crippen molar-refractivity contribution in [2.75, 3.05) is 5.32 Å². The molecule has 0 bridgehead atoms. The smallest absolute Gasteiger partial charge is 0.872 e. The molecule has 2 heterocycles. The molecule has 0 aliphatic heterocycles. The molecule has 1 aromatic carbocycles. The van der Waals surface area contributed by atoms with Gasteiger partial charge in [0.05, 0.1) is 5.69 Å². The van der Waals surface area contributed by atoms with E-state index in [0.29, 0.717) is 12.4 Å². The van der Waals surface area contributed by atoms with Crippen molar-refractivity contribution in [2.24, 2.45) is 5.41 Å². The molecule has 0 radical (unpaired) electrons. The molecule has 0 spiro atoms. The van der Waals surface area contributed by atoms with E-state index in [1.54, 1.807) is 12.1 Å². The second-order valence-electron chi connectivity index (χ2n) is 7.93. The molecule has 1 aliphatic carbocycles. The minimum absolute atomic E-state index is 0. The van der Waals surface area contributed by atoms with Crippen molar-refractivity contribution in [2.45, 2.75) is 39.7 Å². The average Bonchev–Trinajstić information content (AvgIpc) is 3.02. The van der Waals surface area contributed by atoms with Crippen LogP contribution in [-0.2, 0) is 19.4 Å². The zero-order valence-electron chi connectivity index (χ0n) is 16.5. The van der Waals surface area contributed by atoms with Gasteiger partial charge in [-0.05, 0) is 36.3 Å². The van der Waals surface area contributed by atoms with Crippen LogP contribution in [0.25, 0.3) is 11.3 Å². The fourth-order valence-corrected chi connectivity index (χ4v) is 3.61. The Morgan fingerprint density at radius 1 is 1.21 bits per heavy atom. The maximum atomic E-state index is 14.1. The number of fused-ring (bicyclic) bond motifs is 1. The van der Waals surface area contributed by atoms with Crippen LogP contribution in [0.1, 0.15) is 37.1 Å². The summed E-state index contributed by atoms with van der Waals surface area (Å²) in [6.45, 7) is 4.97. The molecule has 4 rings (SSSR count). The van der Waals surface area contributed by atoms with Gasteiger partial charge in [0.2, 0.25) is 5.95 Å². The number of benzene rings is 1. The second kappa shape index (κ2) is 8.63. The molecule has 0 unspecified atom stereocenters. The maximum Gasteiger partial charge on any atom is 1.00 e. The monoisotopic (exact) mass is 404 g/mol. The first-order chi connectivity index (χ1) is 12.9. The van der Waals surface area contributed by atoms with Gasteiger partial charge in [-0.15, -0.1) is 5.75 Å². The van der Waals surface area contributed by atoms with E-state index in [1.165, 1.54) is 23.8 Å². The number of hydrogen-bond donors (Lipinski definition) is 2. The maximum absolute atomic E-state index is 14.1. The third-order valence-corrected chi connectivity index (χ3v) is 5.12. The Morgan fingerprint density at radius 2 is 1.96 bits per heavy atom. The number of aromatic nitrogens is 3. The normalized spacial score (nSPS) is 14.8. The molecule has 0 atom stereocenters. The van der Waals surface area contributed by atoms with Crippen LogP contribution in [-0.4, -0.2) is 15.2 Å². The molecule has 5 nitrogen and oxygen atoms in total. The Balaban J connectivity index is 0.00000225. The summed E-state index contributed by atoms with van der Waals surface area (Å²) in [4.78, 5) is 3.93. The fraction of sp³-hybridized carbons (Fsp3) is 0.333. The van der Waals surface area contributed by atoms with Gasteiger partial charge in [-0.1, -0.05) is 38.1 Å². The van der Waals surface area contributed by atoms with E-state index >= 15 is 0 Å². The van der Waals surface area contributed by atoms with Gasteiger partial charge in [0.15, 0.2) is 0 Å².